The van der Waals surface area contributed by atoms with E-state index in [0.717, 1.165) is 5.56 Å². The zero-order chi connectivity index (χ0) is 28.2. The molecule has 10 heteroatoms. The molecule has 39 heavy (non-hydrogen) atoms. The number of fused-ring (bicyclic) bond motifs is 1. The van der Waals surface area contributed by atoms with Crippen molar-refractivity contribution < 1.29 is 29.0 Å². The van der Waals surface area contributed by atoms with Crippen molar-refractivity contribution >= 4 is 40.5 Å². The number of aryl methyl sites for hydroxylation is 1. The summed E-state index contributed by atoms with van der Waals surface area (Å²) in [6, 6.07) is 6.71. The first-order valence-electron chi connectivity index (χ1n) is 12.8. The third-order valence-corrected chi connectivity index (χ3v) is 6.47. The number of phenolic OH excluding ortho intramolecular Hbond substituents is 1. The molecule has 0 saturated carbocycles. The lowest BCUT2D eigenvalue weighted by Crippen LogP contribution is -2.30. The van der Waals surface area contributed by atoms with E-state index < -0.39 is 5.41 Å². The van der Waals surface area contributed by atoms with Gasteiger partial charge in [0, 0.05) is 36.7 Å². The number of hydrogen-bond acceptors (Lipinski definition) is 7. The van der Waals surface area contributed by atoms with Crippen LogP contribution in [0.4, 0.5) is 0 Å². The third-order valence-electron chi connectivity index (χ3n) is 6.47. The van der Waals surface area contributed by atoms with Gasteiger partial charge in [0.25, 0.3) is 5.91 Å². The highest BCUT2D eigenvalue weighted by molar-refractivity contribution is 8.93. The maximum absolute atomic E-state index is 13.5. The molecule has 3 N–H and O–H groups in total. The van der Waals surface area contributed by atoms with Gasteiger partial charge in [-0.2, -0.15) is 0 Å². The van der Waals surface area contributed by atoms with E-state index in [1.807, 2.05) is 27.7 Å². The molecule has 0 fully saturated rings. The Kier molecular flexibility index (Phi) is 10.7. The first-order chi connectivity index (χ1) is 17.9. The fourth-order valence-electron chi connectivity index (χ4n) is 4.50. The minimum absolute atomic E-state index is 0. The summed E-state index contributed by atoms with van der Waals surface area (Å²) in [7, 11) is 1.53. The number of nitrogens with zero attached hydrogens (tertiary/aromatic N) is 1. The Morgan fingerprint density at radius 1 is 1.10 bits per heavy atom. The Bertz CT molecular complexity index is 1270. The Labute approximate surface area is 240 Å². The number of benzene rings is 2. The van der Waals surface area contributed by atoms with Crippen molar-refractivity contribution in [2.75, 3.05) is 26.8 Å². The van der Waals surface area contributed by atoms with Gasteiger partial charge in [0.05, 0.1) is 25.3 Å². The molecule has 0 spiro atoms. The highest BCUT2D eigenvalue weighted by atomic mass is 79.9. The Morgan fingerprint density at radius 2 is 1.79 bits per heavy atom. The maximum atomic E-state index is 13.5. The molecule has 9 nitrogen and oxygen atoms in total. The van der Waals surface area contributed by atoms with Crippen LogP contribution in [-0.4, -0.2) is 60.3 Å². The maximum Gasteiger partial charge on any atom is 0.306 e. The van der Waals surface area contributed by atoms with Crippen molar-refractivity contribution in [2.45, 2.75) is 59.4 Å². The molecule has 2 aromatic carbocycles. The van der Waals surface area contributed by atoms with Crippen LogP contribution in [0, 0.1) is 5.41 Å². The lowest BCUT2D eigenvalue weighted by molar-refractivity contribution is -0.143. The van der Waals surface area contributed by atoms with E-state index in [4.69, 9.17) is 14.9 Å². The first kappa shape index (κ1) is 31.8. The monoisotopic (exact) mass is 603 g/mol. The van der Waals surface area contributed by atoms with Crippen LogP contribution in [0.15, 0.2) is 24.3 Å². The topological polar surface area (TPSA) is 129 Å². The lowest BCUT2D eigenvalue weighted by atomic mass is 9.83. The summed E-state index contributed by atoms with van der Waals surface area (Å²) in [5.74, 6) is -0.239. The molecular formula is C29H38BrN3O6. The van der Waals surface area contributed by atoms with Gasteiger partial charge in [0.2, 0.25) is 0 Å². The average Bonchev–Trinajstić information content (AvgIpc) is 3.15. The highest BCUT2D eigenvalue weighted by Crippen LogP contribution is 2.36. The normalized spacial score (nSPS) is 12.5. The molecule has 2 aromatic rings. The van der Waals surface area contributed by atoms with Crippen LogP contribution in [0.2, 0.25) is 0 Å². The van der Waals surface area contributed by atoms with Crippen LogP contribution in [0.5, 0.6) is 11.5 Å². The van der Waals surface area contributed by atoms with E-state index in [2.05, 4.69) is 5.32 Å². The fraction of sp³-hybridized carbons (Fsp3) is 0.448. The summed E-state index contributed by atoms with van der Waals surface area (Å²) >= 11 is 0. The fourth-order valence-corrected chi connectivity index (χ4v) is 4.50. The number of halogens is 1. The van der Waals surface area contributed by atoms with Crippen LogP contribution < -0.4 is 10.1 Å². The van der Waals surface area contributed by atoms with Gasteiger partial charge in [-0.15, -0.1) is 17.0 Å². The Hall–Kier alpha value is -3.40. The summed E-state index contributed by atoms with van der Waals surface area (Å²) in [5.41, 5.74) is 2.79. The standard InChI is InChI=1S/C29H37N3O6.BrH/c1-7-37-24-13-19-15-32(27(30)20(19)14-21(24)28(36)31-6)16-23(33)18-11-17(9-10-25(34)38-8-2)26(35)22(12-18)29(3,4)5;/h11-14,30,35H,7-10,15-16H2,1-6H3,(H,31,36);1H. The van der Waals surface area contributed by atoms with Crippen molar-refractivity contribution in [3.05, 3.63) is 57.6 Å². The second-order valence-corrected chi connectivity index (χ2v) is 10.2. The molecule has 0 saturated heterocycles. The molecule has 0 atom stereocenters. The van der Waals surface area contributed by atoms with Gasteiger partial charge in [0.1, 0.15) is 17.3 Å². The minimum atomic E-state index is -0.443. The molecule has 0 aromatic heterocycles. The van der Waals surface area contributed by atoms with E-state index in [1.165, 1.54) is 7.05 Å². The molecule has 3 rings (SSSR count). The summed E-state index contributed by atoms with van der Waals surface area (Å²) in [5, 5.41) is 22.2. The number of phenols is 1. The van der Waals surface area contributed by atoms with Gasteiger partial charge in [0.15, 0.2) is 5.78 Å². The van der Waals surface area contributed by atoms with E-state index in [-0.39, 0.29) is 72.2 Å². The lowest BCUT2D eigenvalue weighted by Gasteiger charge is -2.24. The van der Waals surface area contributed by atoms with Crippen molar-refractivity contribution in [1.29, 1.82) is 5.41 Å². The van der Waals surface area contributed by atoms with Gasteiger partial charge in [-0.05, 0) is 61.1 Å². The molecule has 0 radical (unpaired) electrons. The molecule has 1 heterocycles. The number of ether oxygens (including phenoxy) is 2. The predicted molar refractivity (Wildman–Crippen MR) is 155 cm³/mol. The number of esters is 1. The number of ketones is 1. The van der Waals surface area contributed by atoms with E-state index in [9.17, 15) is 19.5 Å². The van der Waals surface area contributed by atoms with Gasteiger partial charge in [-0.1, -0.05) is 20.8 Å². The van der Waals surface area contributed by atoms with E-state index in [0.29, 0.717) is 46.7 Å². The summed E-state index contributed by atoms with van der Waals surface area (Å²) in [6.45, 7) is 10.3. The van der Waals surface area contributed by atoms with Crippen molar-refractivity contribution in [3.63, 3.8) is 0 Å². The molecule has 0 bridgehead atoms. The van der Waals surface area contributed by atoms with Gasteiger partial charge in [-0.3, -0.25) is 19.8 Å². The summed E-state index contributed by atoms with van der Waals surface area (Å²) < 4.78 is 10.7. The molecule has 0 aliphatic carbocycles. The third kappa shape index (κ3) is 7.17. The minimum Gasteiger partial charge on any atom is -0.507 e. The quantitative estimate of drug-likeness (QED) is 0.268. The van der Waals surface area contributed by atoms with Gasteiger partial charge < -0.3 is 24.8 Å². The average molecular weight is 605 g/mol. The predicted octanol–water partition coefficient (Wildman–Crippen LogP) is 4.55. The second kappa shape index (κ2) is 13.1. The zero-order valence-electron chi connectivity index (χ0n) is 23.4. The van der Waals surface area contributed by atoms with Gasteiger partial charge in [-0.25, -0.2) is 0 Å². The number of carbonyl (C=O) groups is 3. The summed E-state index contributed by atoms with van der Waals surface area (Å²) in [6.07, 6.45) is 0.326. The van der Waals surface area contributed by atoms with Crippen LogP contribution in [0.1, 0.15) is 84.0 Å². The molecule has 1 aliphatic rings. The first-order valence-corrected chi connectivity index (χ1v) is 12.8. The smallest absolute Gasteiger partial charge is 0.306 e. The van der Waals surface area contributed by atoms with Crippen molar-refractivity contribution in [3.8, 4) is 11.5 Å². The highest BCUT2D eigenvalue weighted by Gasteiger charge is 2.30. The number of carbonyl (C=O) groups excluding carboxylic acids is 3. The molecular weight excluding hydrogens is 566 g/mol. The molecule has 1 amide bonds. The number of hydrogen-bond donors (Lipinski definition) is 3. The van der Waals surface area contributed by atoms with E-state index >= 15 is 0 Å². The SMILES string of the molecule is Br.CCOC(=O)CCc1cc(C(=O)CN2Cc3cc(OCC)c(C(=O)NC)cc3C2=N)cc(C(C)(C)C)c1O. The van der Waals surface area contributed by atoms with Crippen LogP contribution in [-0.2, 0) is 27.9 Å². The van der Waals surface area contributed by atoms with Crippen molar-refractivity contribution in [1.82, 2.24) is 10.2 Å². The number of nitrogens with one attached hydrogen (secondary N) is 2. The number of aromatic hydroxyl groups is 1. The number of amides is 1. The molecule has 0 unspecified atom stereocenters. The largest absolute Gasteiger partial charge is 0.507 e. The summed E-state index contributed by atoms with van der Waals surface area (Å²) in [4.78, 5) is 39.4. The number of amidine groups is 1. The second-order valence-electron chi connectivity index (χ2n) is 10.2. The number of rotatable bonds is 10. The number of Topliss-reactive ketones (excluding diaryl/α,β-unsaturated/α-hetero) is 1. The molecule has 212 valence electrons. The van der Waals surface area contributed by atoms with Gasteiger partial charge >= 0.3 is 5.97 Å². The van der Waals surface area contributed by atoms with Crippen LogP contribution >= 0.6 is 17.0 Å². The van der Waals surface area contributed by atoms with E-state index in [1.54, 1.807) is 36.1 Å². The Morgan fingerprint density at radius 3 is 2.38 bits per heavy atom. The molecule has 1 aliphatic heterocycles. The van der Waals surface area contributed by atoms with Crippen LogP contribution in [0.25, 0.3) is 0 Å². The van der Waals surface area contributed by atoms with Crippen molar-refractivity contribution in [2.24, 2.45) is 0 Å². The Balaban J connectivity index is 0.00000533. The van der Waals surface area contributed by atoms with Crippen LogP contribution in [0.3, 0.4) is 0 Å². The zero-order valence-corrected chi connectivity index (χ0v) is 25.1.